The largest absolute Gasteiger partial charge is 0.481 e. The summed E-state index contributed by atoms with van der Waals surface area (Å²) >= 11 is 0. The SMILES string of the molecule is O=C(O)Cc1c(-c2ccccc2)c2ccccc2[nH]c1=O. The van der Waals surface area contributed by atoms with Gasteiger partial charge in [-0.1, -0.05) is 48.5 Å². The number of nitrogens with one attached hydrogen (secondary N) is 1. The van der Waals surface area contributed by atoms with Crippen molar-refractivity contribution in [3.63, 3.8) is 0 Å². The molecule has 21 heavy (non-hydrogen) atoms. The first-order valence-corrected chi connectivity index (χ1v) is 6.58. The van der Waals surface area contributed by atoms with Gasteiger partial charge in [-0.15, -0.1) is 0 Å². The van der Waals surface area contributed by atoms with Gasteiger partial charge < -0.3 is 10.1 Å². The minimum atomic E-state index is -1.02. The van der Waals surface area contributed by atoms with Crippen LogP contribution < -0.4 is 5.56 Å². The smallest absolute Gasteiger partial charge is 0.308 e. The van der Waals surface area contributed by atoms with Crippen molar-refractivity contribution in [3.8, 4) is 11.1 Å². The zero-order chi connectivity index (χ0) is 14.8. The number of fused-ring (bicyclic) bond motifs is 1. The molecule has 2 aromatic carbocycles. The summed E-state index contributed by atoms with van der Waals surface area (Å²) in [5, 5.41) is 9.93. The lowest BCUT2D eigenvalue weighted by atomic mass is 9.95. The van der Waals surface area contributed by atoms with Crippen molar-refractivity contribution >= 4 is 16.9 Å². The molecule has 0 unspecified atom stereocenters. The third kappa shape index (κ3) is 2.43. The van der Waals surface area contributed by atoms with Gasteiger partial charge in [0.2, 0.25) is 0 Å². The summed E-state index contributed by atoms with van der Waals surface area (Å²) in [7, 11) is 0. The van der Waals surface area contributed by atoms with E-state index in [0.29, 0.717) is 11.1 Å². The summed E-state index contributed by atoms with van der Waals surface area (Å²) in [6, 6.07) is 16.8. The van der Waals surface area contributed by atoms with Crippen LogP contribution in [0.3, 0.4) is 0 Å². The van der Waals surface area contributed by atoms with Crippen molar-refractivity contribution in [2.24, 2.45) is 0 Å². The molecule has 0 atom stereocenters. The Kier molecular flexibility index (Phi) is 3.28. The number of carboxylic acids is 1. The number of rotatable bonds is 3. The Morgan fingerprint density at radius 2 is 1.67 bits per heavy atom. The fourth-order valence-electron chi connectivity index (χ4n) is 2.54. The quantitative estimate of drug-likeness (QED) is 0.774. The Morgan fingerprint density at radius 1 is 1.00 bits per heavy atom. The van der Waals surface area contributed by atoms with Gasteiger partial charge in [0.25, 0.3) is 5.56 Å². The second kappa shape index (κ2) is 5.25. The van der Waals surface area contributed by atoms with Gasteiger partial charge in [-0.2, -0.15) is 0 Å². The molecular formula is C17H13NO3. The highest BCUT2D eigenvalue weighted by molar-refractivity contribution is 5.97. The fraction of sp³-hybridized carbons (Fsp3) is 0.0588. The minimum Gasteiger partial charge on any atom is -0.481 e. The Bertz CT molecular complexity index is 866. The highest BCUT2D eigenvalue weighted by Gasteiger charge is 2.16. The first-order valence-electron chi connectivity index (χ1n) is 6.58. The molecule has 0 aliphatic rings. The minimum absolute atomic E-state index is 0.285. The second-order valence-corrected chi connectivity index (χ2v) is 4.79. The van der Waals surface area contributed by atoms with Crippen LogP contribution in [-0.4, -0.2) is 16.1 Å². The molecule has 0 saturated heterocycles. The summed E-state index contributed by atoms with van der Waals surface area (Å²) in [6.07, 6.45) is -0.301. The first-order chi connectivity index (χ1) is 10.2. The molecule has 0 spiro atoms. The molecule has 4 nitrogen and oxygen atoms in total. The predicted molar refractivity (Wildman–Crippen MR) is 81.3 cm³/mol. The Hall–Kier alpha value is -2.88. The van der Waals surface area contributed by atoms with Gasteiger partial charge in [-0.05, 0) is 11.6 Å². The highest BCUT2D eigenvalue weighted by atomic mass is 16.4. The van der Waals surface area contributed by atoms with Crippen LogP contribution in [0.1, 0.15) is 5.56 Å². The molecule has 4 heteroatoms. The molecule has 0 amide bonds. The number of aliphatic carboxylic acids is 1. The van der Waals surface area contributed by atoms with E-state index in [4.69, 9.17) is 5.11 Å². The molecule has 3 rings (SSSR count). The number of carbonyl (C=O) groups is 1. The second-order valence-electron chi connectivity index (χ2n) is 4.79. The van der Waals surface area contributed by atoms with Crippen molar-refractivity contribution in [1.29, 1.82) is 0 Å². The maximum atomic E-state index is 12.2. The third-order valence-corrected chi connectivity index (χ3v) is 3.41. The lowest BCUT2D eigenvalue weighted by Crippen LogP contribution is -2.18. The van der Waals surface area contributed by atoms with Gasteiger partial charge in [0.1, 0.15) is 0 Å². The van der Waals surface area contributed by atoms with Crippen molar-refractivity contribution in [1.82, 2.24) is 4.98 Å². The van der Waals surface area contributed by atoms with Crippen molar-refractivity contribution in [2.75, 3.05) is 0 Å². The monoisotopic (exact) mass is 279 g/mol. The summed E-state index contributed by atoms with van der Waals surface area (Å²) in [5.41, 5.74) is 2.17. The zero-order valence-corrected chi connectivity index (χ0v) is 11.2. The van der Waals surface area contributed by atoms with Crippen molar-refractivity contribution in [2.45, 2.75) is 6.42 Å². The van der Waals surface area contributed by atoms with Gasteiger partial charge in [0.15, 0.2) is 0 Å². The number of hydrogen-bond donors (Lipinski definition) is 2. The number of carboxylic acid groups (broad SMARTS) is 1. The number of benzene rings is 2. The predicted octanol–water partition coefficient (Wildman–Crippen LogP) is 2.82. The molecule has 1 aromatic heterocycles. The zero-order valence-electron chi connectivity index (χ0n) is 11.2. The van der Waals surface area contributed by atoms with Crippen LogP contribution in [-0.2, 0) is 11.2 Å². The molecule has 0 radical (unpaired) electrons. The Balaban J connectivity index is 2.42. The summed E-state index contributed by atoms with van der Waals surface area (Å²) < 4.78 is 0. The van der Waals surface area contributed by atoms with Crippen LogP contribution in [0.4, 0.5) is 0 Å². The summed E-state index contributed by atoms with van der Waals surface area (Å²) in [6.45, 7) is 0. The third-order valence-electron chi connectivity index (χ3n) is 3.41. The van der Waals surface area contributed by atoms with Gasteiger partial charge >= 0.3 is 5.97 Å². The lowest BCUT2D eigenvalue weighted by Gasteiger charge is -2.11. The number of aromatic amines is 1. The van der Waals surface area contributed by atoms with Crippen LogP contribution in [0.15, 0.2) is 59.4 Å². The Morgan fingerprint density at radius 3 is 2.38 bits per heavy atom. The van der Waals surface area contributed by atoms with Crippen LogP contribution in [0, 0.1) is 0 Å². The fourth-order valence-corrected chi connectivity index (χ4v) is 2.54. The maximum absolute atomic E-state index is 12.2. The van der Waals surface area contributed by atoms with Crippen molar-refractivity contribution in [3.05, 3.63) is 70.5 Å². The molecule has 0 bridgehead atoms. The van der Waals surface area contributed by atoms with E-state index in [1.807, 2.05) is 54.6 Å². The number of pyridine rings is 1. The van der Waals surface area contributed by atoms with E-state index in [1.54, 1.807) is 0 Å². The molecule has 3 aromatic rings. The average molecular weight is 279 g/mol. The van der Waals surface area contributed by atoms with Crippen molar-refractivity contribution < 1.29 is 9.90 Å². The molecule has 1 heterocycles. The molecule has 0 aliphatic carbocycles. The van der Waals surface area contributed by atoms with Gasteiger partial charge in [0.05, 0.1) is 6.42 Å². The normalized spacial score (nSPS) is 10.7. The lowest BCUT2D eigenvalue weighted by molar-refractivity contribution is -0.136. The van der Waals surface area contributed by atoms with E-state index >= 15 is 0 Å². The van der Waals surface area contributed by atoms with E-state index in [9.17, 15) is 9.59 Å². The van der Waals surface area contributed by atoms with E-state index in [-0.39, 0.29) is 17.5 Å². The van der Waals surface area contributed by atoms with E-state index < -0.39 is 5.97 Å². The highest BCUT2D eigenvalue weighted by Crippen LogP contribution is 2.29. The maximum Gasteiger partial charge on any atom is 0.308 e. The number of H-pyrrole nitrogens is 1. The standard InChI is InChI=1S/C17H13NO3/c19-15(20)10-13-16(11-6-2-1-3-7-11)12-8-4-5-9-14(12)18-17(13)21/h1-9H,10H2,(H,18,21)(H,19,20). The molecule has 0 aliphatic heterocycles. The molecule has 2 N–H and O–H groups in total. The van der Waals surface area contributed by atoms with Crippen LogP contribution >= 0.6 is 0 Å². The van der Waals surface area contributed by atoms with Gasteiger partial charge in [-0.3, -0.25) is 9.59 Å². The number of aromatic nitrogens is 1. The molecular weight excluding hydrogens is 266 g/mol. The summed E-state index contributed by atoms with van der Waals surface area (Å²) in [4.78, 5) is 26.1. The molecule has 0 fully saturated rings. The van der Waals surface area contributed by atoms with E-state index in [2.05, 4.69) is 4.98 Å². The average Bonchev–Trinajstić information content (AvgIpc) is 2.48. The van der Waals surface area contributed by atoms with E-state index in [1.165, 1.54) is 0 Å². The molecule has 0 saturated carbocycles. The van der Waals surface area contributed by atoms with Crippen LogP contribution in [0.2, 0.25) is 0 Å². The first kappa shape index (κ1) is 13.1. The van der Waals surface area contributed by atoms with Crippen LogP contribution in [0.25, 0.3) is 22.0 Å². The van der Waals surface area contributed by atoms with E-state index in [0.717, 1.165) is 10.9 Å². The van der Waals surface area contributed by atoms with Gasteiger partial charge in [-0.25, -0.2) is 0 Å². The molecule has 104 valence electrons. The Labute approximate surface area is 120 Å². The number of para-hydroxylation sites is 1. The summed E-state index contributed by atoms with van der Waals surface area (Å²) in [5.74, 6) is -1.02. The number of hydrogen-bond acceptors (Lipinski definition) is 2. The van der Waals surface area contributed by atoms with Gasteiger partial charge in [0, 0.05) is 22.0 Å². The van der Waals surface area contributed by atoms with Crippen LogP contribution in [0.5, 0.6) is 0 Å². The topological polar surface area (TPSA) is 70.2 Å².